The summed E-state index contributed by atoms with van der Waals surface area (Å²) < 4.78 is 0. The van der Waals surface area contributed by atoms with E-state index in [1.807, 2.05) is 12.3 Å². The van der Waals surface area contributed by atoms with Crippen LogP contribution in [0.5, 0.6) is 0 Å². The zero-order valence-electron chi connectivity index (χ0n) is 5.80. The summed E-state index contributed by atoms with van der Waals surface area (Å²) in [6.07, 6.45) is 4.70. The molecule has 10 heavy (non-hydrogen) atoms. The van der Waals surface area contributed by atoms with Crippen LogP contribution in [0, 0.1) is 0 Å². The maximum Gasteiger partial charge on any atom is 0.270 e. The average Bonchev–Trinajstić information content (AvgIpc) is 2.71. The highest BCUT2D eigenvalue weighted by Gasteiger charge is 2.23. The molecule has 0 saturated heterocycles. The Bertz CT molecular complexity index is 224. The van der Waals surface area contributed by atoms with E-state index in [-0.39, 0.29) is 0 Å². The van der Waals surface area contributed by atoms with Crippen molar-refractivity contribution in [2.24, 2.45) is 0 Å². The van der Waals surface area contributed by atoms with Gasteiger partial charge in [-0.1, -0.05) is 0 Å². The molecule has 2 heteroatoms. The second-order valence-electron chi connectivity index (χ2n) is 2.85. The number of hydrogen-bond donors (Lipinski definition) is 1. The van der Waals surface area contributed by atoms with Gasteiger partial charge in [0.1, 0.15) is 0 Å². The number of aromatic nitrogens is 1. The third-order valence-electron chi connectivity index (χ3n) is 1.91. The lowest BCUT2D eigenvalue weighted by molar-refractivity contribution is -0.361. The summed E-state index contributed by atoms with van der Waals surface area (Å²) in [5.74, 6) is 1.56. The van der Waals surface area contributed by atoms with Crippen molar-refractivity contribution in [1.82, 2.24) is 0 Å². The predicted molar refractivity (Wildman–Crippen MR) is 39.4 cm³/mol. The Morgan fingerprint density at radius 3 is 2.70 bits per heavy atom. The lowest BCUT2D eigenvalue weighted by Gasteiger charge is -1.91. The maximum absolute atomic E-state index is 5.49. The number of pyridine rings is 1. The maximum atomic E-state index is 5.49. The predicted octanol–water partition coefficient (Wildman–Crippen LogP) is 0.960. The smallest absolute Gasteiger partial charge is 0.270 e. The standard InChI is InChI=1S/C8H10N2/c9-8-4-3-7(5-10-8)6-1-2-6/h3-6H,1-2H2,(H2,9,10)/p+1. The van der Waals surface area contributed by atoms with Crippen LogP contribution in [0.3, 0.4) is 0 Å². The highest BCUT2D eigenvalue weighted by Crippen LogP contribution is 2.39. The van der Waals surface area contributed by atoms with Gasteiger partial charge in [-0.05, 0) is 30.4 Å². The summed E-state index contributed by atoms with van der Waals surface area (Å²) in [6.45, 7) is 0. The third-order valence-corrected chi connectivity index (χ3v) is 1.91. The first-order chi connectivity index (χ1) is 4.86. The van der Waals surface area contributed by atoms with E-state index in [4.69, 9.17) is 5.73 Å². The number of anilines is 1. The molecular weight excluding hydrogens is 124 g/mol. The van der Waals surface area contributed by atoms with Gasteiger partial charge in [0, 0.05) is 6.07 Å². The molecule has 2 nitrogen and oxygen atoms in total. The fraction of sp³-hybridized carbons (Fsp3) is 0.375. The molecule has 0 unspecified atom stereocenters. The first-order valence-corrected chi connectivity index (χ1v) is 3.63. The molecule has 0 bridgehead atoms. The summed E-state index contributed by atoms with van der Waals surface area (Å²) in [6, 6.07) is 4.02. The van der Waals surface area contributed by atoms with Crippen molar-refractivity contribution in [2.75, 3.05) is 5.73 Å². The van der Waals surface area contributed by atoms with E-state index in [9.17, 15) is 0 Å². The molecule has 0 spiro atoms. The summed E-state index contributed by atoms with van der Waals surface area (Å²) in [7, 11) is 0. The van der Waals surface area contributed by atoms with Gasteiger partial charge in [0.25, 0.3) is 5.82 Å². The minimum absolute atomic E-state index is 0.740. The summed E-state index contributed by atoms with van der Waals surface area (Å²) in [5.41, 5.74) is 6.89. The average molecular weight is 135 g/mol. The Morgan fingerprint density at radius 2 is 2.20 bits per heavy atom. The van der Waals surface area contributed by atoms with E-state index >= 15 is 0 Å². The molecule has 0 atom stereocenters. The van der Waals surface area contributed by atoms with Crippen LogP contribution in [-0.2, 0) is 0 Å². The first-order valence-electron chi connectivity index (χ1n) is 3.63. The number of aromatic amines is 1. The molecule has 3 N–H and O–H groups in total. The molecular formula is C8H11N2+. The van der Waals surface area contributed by atoms with E-state index in [0.717, 1.165) is 11.7 Å². The second-order valence-corrected chi connectivity index (χ2v) is 2.85. The Hall–Kier alpha value is -1.05. The number of hydrogen-bond acceptors (Lipinski definition) is 1. The van der Waals surface area contributed by atoms with Gasteiger partial charge in [-0.25, -0.2) is 4.98 Å². The largest absolute Gasteiger partial charge is 0.287 e. The number of rotatable bonds is 1. The van der Waals surface area contributed by atoms with Gasteiger partial charge in [-0.15, -0.1) is 0 Å². The summed E-state index contributed by atoms with van der Waals surface area (Å²) >= 11 is 0. The molecule has 0 radical (unpaired) electrons. The van der Waals surface area contributed by atoms with Gasteiger partial charge >= 0.3 is 0 Å². The highest BCUT2D eigenvalue weighted by atomic mass is 14.8. The first kappa shape index (κ1) is 5.71. The van der Waals surface area contributed by atoms with Crippen molar-refractivity contribution in [1.29, 1.82) is 0 Å². The van der Waals surface area contributed by atoms with Crippen LogP contribution >= 0.6 is 0 Å². The van der Waals surface area contributed by atoms with Crippen molar-refractivity contribution in [2.45, 2.75) is 18.8 Å². The van der Waals surface area contributed by atoms with E-state index < -0.39 is 0 Å². The lowest BCUT2D eigenvalue weighted by Crippen LogP contribution is -2.09. The molecule has 1 aliphatic carbocycles. The van der Waals surface area contributed by atoms with Gasteiger partial charge in [0.15, 0.2) is 0 Å². The lowest BCUT2D eigenvalue weighted by atomic mass is 10.2. The van der Waals surface area contributed by atoms with Crippen molar-refractivity contribution in [3.63, 3.8) is 0 Å². The van der Waals surface area contributed by atoms with Gasteiger partial charge in [-0.2, -0.15) is 0 Å². The topological polar surface area (TPSA) is 40.2 Å². The molecule has 1 fully saturated rings. The molecule has 1 heterocycles. The number of nitrogens with one attached hydrogen (secondary N) is 1. The summed E-state index contributed by atoms with van der Waals surface area (Å²) in [4.78, 5) is 3.00. The van der Waals surface area contributed by atoms with E-state index in [1.54, 1.807) is 0 Å². The molecule has 2 rings (SSSR count). The fourth-order valence-electron chi connectivity index (χ4n) is 1.12. The molecule has 0 aromatic carbocycles. The SMILES string of the molecule is Nc1ccc(C2CC2)c[nH+]1. The van der Waals surface area contributed by atoms with Crippen molar-refractivity contribution in [3.05, 3.63) is 23.9 Å². The van der Waals surface area contributed by atoms with Crippen LogP contribution in [0.25, 0.3) is 0 Å². The van der Waals surface area contributed by atoms with E-state index in [0.29, 0.717) is 0 Å². The Kier molecular flexibility index (Phi) is 1.13. The van der Waals surface area contributed by atoms with E-state index in [2.05, 4.69) is 11.1 Å². The van der Waals surface area contributed by atoms with Gasteiger partial charge in [0.05, 0.1) is 6.20 Å². The van der Waals surface area contributed by atoms with Gasteiger partial charge < -0.3 is 0 Å². The number of nitrogen functional groups attached to an aromatic ring is 1. The van der Waals surface area contributed by atoms with Crippen molar-refractivity contribution < 1.29 is 4.98 Å². The molecule has 52 valence electrons. The minimum atomic E-state index is 0.740. The number of H-pyrrole nitrogens is 1. The summed E-state index contributed by atoms with van der Waals surface area (Å²) in [5, 5.41) is 0. The Morgan fingerprint density at radius 1 is 1.40 bits per heavy atom. The quantitative estimate of drug-likeness (QED) is 0.612. The highest BCUT2D eigenvalue weighted by molar-refractivity contribution is 5.26. The van der Waals surface area contributed by atoms with Crippen molar-refractivity contribution in [3.8, 4) is 0 Å². The Balaban J connectivity index is 2.28. The zero-order chi connectivity index (χ0) is 6.97. The Labute approximate surface area is 60.1 Å². The molecule has 0 amide bonds. The molecule has 0 aliphatic heterocycles. The van der Waals surface area contributed by atoms with Crippen LogP contribution in [0.1, 0.15) is 24.3 Å². The van der Waals surface area contributed by atoms with Gasteiger partial charge in [-0.3, -0.25) is 5.73 Å². The van der Waals surface area contributed by atoms with Gasteiger partial charge in [0.2, 0.25) is 0 Å². The van der Waals surface area contributed by atoms with Crippen LogP contribution in [-0.4, -0.2) is 0 Å². The molecule has 1 aromatic heterocycles. The van der Waals surface area contributed by atoms with Crippen LogP contribution < -0.4 is 10.7 Å². The number of nitrogens with two attached hydrogens (primary N) is 1. The fourth-order valence-corrected chi connectivity index (χ4v) is 1.12. The van der Waals surface area contributed by atoms with E-state index in [1.165, 1.54) is 18.4 Å². The second kappa shape index (κ2) is 1.97. The van der Waals surface area contributed by atoms with Crippen molar-refractivity contribution >= 4 is 5.82 Å². The minimum Gasteiger partial charge on any atom is -0.287 e. The molecule has 1 aromatic rings. The molecule has 1 saturated carbocycles. The zero-order valence-corrected chi connectivity index (χ0v) is 5.80. The molecule has 1 aliphatic rings. The normalized spacial score (nSPS) is 17.2. The monoisotopic (exact) mass is 135 g/mol. The van der Waals surface area contributed by atoms with Crippen LogP contribution in [0.2, 0.25) is 0 Å². The van der Waals surface area contributed by atoms with Crippen LogP contribution in [0.4, 0.5) is 5.82 Å². The third kappa shape index (κ3) is 0.967. The van der Waals surface area contributed by atoms with Crippen LogP contribution in [0.15, 0.2) is 18.3 Å².